The minimum atomic E-state index is 0. The fourth-order valence-corrected chi connectivity index (χ4v) is 2.50. The first kappa shape index (κ1) is 17.2. The summed E-state index contributed by atoms with van der Waals surface area (Å²) in [6.07, 6.45) is 4.79. The van der Waals surface area contributed by atoms with Gasteiger partial charge in [0.1, 0.15) is 0 Å². The van der Waals surface area contributed by atoms with Crippen molar-refractivity contribution in [1.29, 1.82) is 0 Å². The number of nitrogens with one attached hydrogen (secondary N) is 2. The maximum absolute atomic E-state index is 4.18. The molecule has 0 aliphatic carbocycles. The molecule has 2 N–H and O–H groups in total. The molecule has 0 radical (unpaired) electrons. The number of pyridine rings is 1. The van der Waals surface area contributed by atoms with Crippen molar-refractivity contribution in [2.45, 2.75) is 27.2 Å². The molecule has 0 fully saturated rings. The zero-order valence-electron chi connectivity index (χ0n) is 14.3. The van der Waals surface area contributed by atoms with Gasteiger partial charge in [-0.1, -0.05) is 50.8 Å². The van der Waals surface area contributed by atoms with Gasteiger partial charge >= 0.3 is 0 Å². The van der Waals surface area contributed by atoms with Crippen LogP contribution >= 0.6 is 0 Å². The molecule has 0 aliphatic heterocycles. The average molecular weight is 311 g/mol. The summed E-state index contributed by atoms with van der Waals surface area (Å²) in [5.41, 5.74) is 11.0. The summed E-state index contributed by atoms with van der Waals surface area (Å²) in [4.78, 5) is 4.18. The molecule has 0 amide bonds. The molecule has 0 spiro atoms. The van der Waals surface area contributed by atoms with Crippen LogP contribution in [0, 0.1) is 11.8 Å². The molecule has 3 nitrogen and oxygen atoms in total. The third-order valence-electron chi connectivity index (χ3n) is 4.20. The molecule has 2 unspecified atom stereocenters. The Bertz CT molecular complexity index is 611. The second kappa shape index (κ2) is 8.49. The lowest BCUT2D eigenvalue weighted by atomic mass is 9.89. The van der Waals surface area contributed by atoms with E-state index in [9.17, 15) is 0 Å². The van der Waals surface area contributed by atoms with Gasteiger partial charge in [-0.25, -0.2) is 5.43 Å². The molecule has 2 aromatic rings. The maximum atomic E-state index is 4.18. The summed E-state index contributed by atoms with van der Waals surface area (Å²) in [5, 5.41) is 0. The van der Waals surface area contributed by atoms with E-state index in [2.05, 4.69) is 66.6 Å². The first-order valence-corrected chi connectivity index (χ1v) is 8.20. The molecule has 2 rings (SSSR count). The van der Waals surface area contributed by atoms with Gasteiger partial charge in [0.15, 0.2) is 0 Å². The number of benzene rings is 1. The van der Waals surface area contributed by atoms with E-state index in [4.69, 9.17) is 0 Å². The summed E-state index contributed by atoms with van der Waals surface area (Å²) in [6.45, 7) is 11.3. The van der Waals surface area contributed by atoms with Crippen LogP contribution in [-0.2, 0) is 6.42 Å². The van der Waals surface area contributed by atoms with Gasteiger partial charge in [0, 0.05) is 26.1 Å². The van der Waals surface area contributed by atoms with Crippen LogP contribution in [0.4, 0.5) is 0 Å². The largest absolute Gasteiger partial charge is 0.326 e. The van der Waals surface area contributed by atoms with Crippen LogP contribution in [-0.4, -0.2) is 11.5 Å². The van der Waals surface area contributed by atoms with E-state index in [-0.39, 0.29) is 1.43 Å². The molecule has 0 bridgehead atoms. The van der Waals surface area contributed by atoms with Gasteiger partial charge in [0.2, 0.25) is 0 Å². The molecule has 0 aliphatic rings. The summed E-state index contributed by atoms with van der Waals surface area (Å²) in [7, 11) is 0. The minimum Gasteiger partial charge on any atom is -0.326 e. The van der Waals surface area contributed by atoms with Crippen molar-refractivity contribution < 1.29 is 1.43 Å². The van der Waals surface area contributed by atoms with E-state index in [1.807, 2.05) is 19.2 Å². The molecule has 1 aromatic heterocycles. The SMILES string of the molecule is C=C(C)NNCC(C)C(C)Cc1ccc(-c2cccnc2)cc1.[HH]. The van der Waals surface area contributed by atoms with Crippen molar-refractivity contribution in [3.05, 3.63) is 66.6 Å². The van der Waals surface area contributed by atoms with Crippen LogP contribution in [0.25, 0.3) is 11.1 Å². The van der Waals surface area contributed by atoms with E-state index in [1.165, 1.54) is 11.1 Å². The van der Waals surface area contributed by atoms with Crippen molar-refractivity contribution in [3.8, 4) is 11.1 Å². The topological polar surface area (TPSA) is 37.0 Å². The normalized spacial score (nSPS) is 13.3. The monoisotopic (exact) mass is 311 g/mol. The average Bonchev–Trinajstić information content (AvgIpc) is 2.56. The second-order valence-corrected chi connectivity index (χ2v) is 6.38. The Hall–Kier alpha value is -2.13. The van der Waals surface area contributed by atoms with Gasteiger partial charge in [-0.2, -0.15) is 0 Å². The van der Waals surface area contributed by atoms with Gasteiger partial charge in [-0.3, -0.25) is 4.98 Å². The fraction of sp³-hybridized carbons (Fsp3) is 0.350. The minimum absolute atomic E-state index is 0. The zero-order valence-corrected chi connectivity index (χ0v) is 14.3. The van der Waals surface area contributed by atoms with Gasteiger partial charge in [-0.05, 0) is 47.9 Å². The highest BCUT2D eigenvalue weighted by Gasteiger charge is 2.12. The Morgan fingerprint density at radius 1 is 1.13 bits per heavy atom. The van der Waals surface area contributed by atoms with Crippen LogP contribution in [0.15, 0.2) is 61.1 Å². The van der Waals surface area contributed by atoms with E-state index in [1.54, 1.807) is 6.20 Å². The predicted octanol–water partition coefficient (Wildman–Crippen LogP) is 4.44. The van der Waals surface area contributed by atoms with Crippen LogP contribution in [0.2, 0.25) is 0 Å². The van der Waals surface area contributed by atoms with E-state index < -0.39 is 0 Å². The highest BCUT2D eigenvalue weighted by atomic mass is 15.4. The number of hydrazine groups is 1. The molecule has 0 saturated carbocycles. The van der Waals surface area contributed by atoms with Gasteiger partial charge < -0.3 is 5.43 Å². The summed E-state index contributed by atoms with van der Waals surface area (Å²) < 4.78 is 0. The number of nitrogens with zero attached hydrogens (tertiary/aromatic N) is 1. The van der Waals surface area contributed by atoms with Crippen molar-refractivity contribution in [2.75, 3.05) is 6.54 Å². The molecule has 1 aromatic carbocycles. The number of rotatable bonds is 8. The molecule has 0 saturated heterocycles. The number of allylic oxidation sites excluding steroid dienone is 1. The van der Waals surface area contributed by atoms with Gasteiger partial charge in [-0.15, -0.1) is 0 Å². The maximum Gasteiger partial charge on any atom is 0.0346 e. The summed E-state index contributed by atoms with van der Waals surface area (Å²) in [6, 6.07) is 12.9. The fourth-order valence-electron chi connectivity index (χ4n) is 2.50. The molecular weight excluding hydrogens is 282 g/mol. The van der Waals surface area contributed by atoms with Crippen molar-refractivity contribution in [2.24, 2.45) is 11.8 Å². The van der Waals surface area contributed by atoms with Crippen molar-refractivity contribution in [3.63, 3.8) is 0 Å². The standard InChI is InChI=1S/C20H27N3.H2/c1-15(2)23-22-13-17(4)16(3)12-18-7-9-19(10-8-18)20-6-5-11-21-14-20;/h5-11,14,16-17,22-23H,1,12-13H2,2-4H3;1H. The molecular formula is C20H29N3. The molecule has 3 heteroatoms. The molecule has 1 heterocycles. The van der Waals surface area contributed by atoms with Crippen LogP contribution < -0.4 is 10.9 Å². The quantitative estimate of drug-likeness (QED) is 0.708. The summed E-state index contributed by atoms with van der Waals surface area (Å²) in [5.74, 6) is 1.19. The van der Waals surface area contributed by atoms with E-state index >= 15 is 0 Å². The molecule has 2 atom stereocenters. The Morgan fingerprint density at radius 2 is 1.87 bits per heavy atom. The van der Waals surface area contributed by atoms with E-state index in [0.29, 0.717) is 11.8 Å². The zero-order chi connectivity index (χ0) is 16.7. The van der Waals surface area contributed by atoms with E-state index in [0.717, 1.165) is 24.2 Å². The van der Waals surface area contributed by atoms with Crippen LogP contribution in [0.3, 0.4) is 0 Å². The number of aromatic nitrogens is 1. The summed E-state index contributed by atoms with van der Waals surface area (Å²) >= 11 is 0. The number of hydrogen-bond donors (Lipinski definition) is 2. The second-order valence-electron chi connectivity index (χ2n) is 6.38. The Morgan fingerprint density at radius 3 is 2.48 bits per heavy atom. The third kappa shape index (κ3) is 5.53. The highest BCUT2D eigenvalue weighted by Crippen LogP contribution is 2.21. The lowest BCUT2D eigenvalue weighted by molar-refractivity contribution is 0.353. The first-order valence-electron chi connectivity index (χ1n) is 8.20. The lowest BCUT2D eigenvalue weighted by Crippen LogP contribution is -2.35. The lowest BCUT2D eigenvalue weighted by Gasteiger charge is -2.21. The Balaban J connectivity index is 0.00000288. The third-order valence-corrected chi connectivity index (χ3v) is 4.20. The number of hydrogen-bond acceptors (Lipinski definition) is 3. The van der Waals surface area contributed by atoms with Crippen molar-refractivity contribution >= 4 is 0 Å². The Kier molecular flexibility index (Phi) is 6.36. The predicted molar refractivity (Wildman–Crippen MR) is 99.8 cm³/mol. The molecule has 124 valence electrons. The van der Waals surface area contributed by atoms with Crippen LogP contribution in [0.5, 0.6) is 0 Å². The van der Waals surface area contributed by atoms with Crippen molar-refractivity contribution in [1.82, 2.24) is 15.8 Å². The van der Waals surface area contributed by atoms with Crippen LogP contribution in [0.1, 0.15) is 27.8 Å². The molecule has 23 heavy (non-hydrogen) atoms. The first-order chi connectivity index (χ1) is 11.1. The Labute approximate surface area is 141 Å². The smallest absolute Gasteiger partial charge is 0.0346 e. The highest BCUT2D eigenvalue weighted by molar-refractivity contribution is 5.62. The van der Waals surface area contributed by atoms with Gasteiger partial charge in [0.05, 0.1) is 0 Å². The van der Waals surface area contributed by atoms with Gasteiger partial charge in [0.25, 0.3) is 0 Å².